The lowest BCUT2D eigenvalue weighted by Gasteiger charge is -2.16. The first-order valence-electron chi connectivity index (χ1n) is 6.31. The summed E-state index contributed by atoms with van der Waals surface area (Å²) in [7, 11) is 0. The number of nitrogens with zero attached hydrogens (tertiary/aromatic N) is 3. The van der Waals surface area contributed by atoms with Crippen LogP contribution in [0.2, 0.25) is 0 Å². The highest BCUT2D eigenvalue weighted by Crippen LogP contribution is 2.10. The van der Waals surface area contributed by atoms with E-state index in [-0.39, 0.29) is 11.9 Å². The van der Waals surface area contributed by atoms with E-state index in [2.05, 4.69) is 17.3 Å². The SMILES string of the molecule is CCCNC1CCN(CCn2cccn2)C1=O. The number of hydrogen-bond donors (Lipinski definition) is 1. The maximum absolute atomic E-state index is 12.0. The molecule has 1 unspecified atom stereocenters. The predicted octanol–water partition coefficient (Wildman–Crippen LogP) is 0.484. The predicted molar refractivity (Wildman–Crippen MR) is 65.5 cm³/mol. The third-order valence-corrected chi connectivity index (χ3v) is 3.10. The van der Waals surface area contributed by atoms with Crippen molar-refractivity contribution >= 4 is 5.91 Å². The zero-order valence-corrected chi connectivity index (χ0v) is 10.3. The molecule has 0 aliphatic carbocycles. The minimum absolute atomic E-state index is 0.0348. The normalized spacial score (nSPS) is 20.2. The van der Waals surface area contributed by atoms with Crippen LogP contribution in [0.5, 0.6) is 0 Å². The van der Waals surface area contributed by atoms with Gasteiger partial charge in [-0.25, -0.2) is 0 Å². The molecule has 1 saturated heterocycles. The molecule has 0 bridgehead atoms. The van der Waals surface area contributed by atoms with E-state index < -0.39 is 0 Å². The standard InChI is InChI=1S/C12H20N4O/c1-2-5-13-11-4-8-15(12(11)17)9-10-16-7-3-6-14-16/h3,6-7,11,13H,2,4-5,8-10H2,1H3. The van der Waals surface area contributed by atoms with Crippen molar-refractivity contribution < 1.29 is 4.79 Å². The summed E-state index contributed by atoms with van der Waals surface area (Å²) in [5, 5.41) is 7.42. The highest BCUT2D eigenvalue weighted by Gasteiger charge is 2.30. The molecule has 0 radical (unpaired) electrons. The number of likely N-dealkylation sites (tertiary alicyclic amines) is 1. The van der Waals surface area contributed by atoms with Gasteiger partial charge in [-0.2, -0.15) is 5.10 Å². The molecule has 0 spiro atoms. The van der Waals surface area contributed by atoms with Gasteiger partial charge in [0.25, 0.3) is 0 Å². The van der Waals surface area contributed by atoms with Gasteiger partial charge >= 0.3 is 0 Å². The maximum atomic E-state index is 12.0. The molecule has 1 atom stereocenters. The fraction of sp³-hybridized carbons (Fsp3) is 0.667. The average Bonchev–Trinajstić information content (AvgIpc) is 2.95. The molecule has 1 aromatic heterocycles. The van der Waals surface area contributed by atoms with Crippen LogP contribution >= 0.6 is 0 Å². The van der Waals surface area contributed by atoms with E-state index in [4.69, 9.17) is 0 Å². The maximum Gasteiger partial charge on any atom is 0.239 e. The van der Waals surface area contributed by atoms with Gasteiger partial charge in [-0.15, -0.1) is 0 Å². The summed E-state index contributed by atoms with van der Waals surface area (Å²) in [5.74, 6) is 0.241. The summed E-state index contributed by atoms with van der Waals surface area (Å²) in [4.78, 5) is 13.9. The van der Waals surface area contributed by atoms with E-state index >= 15 is 0 Å². The summed E-state index contributed by atoms with van der Waals surface area (Å²) in [5.41, 5.74) is 0. The summed E-state index contributed by atoms with van der Waals surface area (Å²) in [6.07, 6.45) is 5.68. The molecule has 0 aromatic carbocycles. The van der Waals surface area contributed by atoms with Crippen LogP contribution in [0.3, 0.4) is 0 Å². The molecule has 94 valence electrons. The van der Waals surface area contributed by atoms with Crippen LogP contribution in [-0.2, 0) is 11.3 Å². The summed E-state index contributed by atoms with van der Waals surface area (Å²) < 4.78 is 1.86. The van der Waals surface area contributed by atoms with Crippen molar-refractivity contribution in [2.75, 3.05) is 19.6 Å². The fourth-order valence-corrected chi connectivity index (χ4v) is 2.12. The molecule has 2 heterocycles. The molecule has 1 aliphatic rings. The molecule has 1 aromatic rings. The van der Waals surface area contributed by atoms with E-state index in [1.165, 1.54) is 0 Å². The van der Waals surface area contributed by atoms with Gasteiger partial charge in [0.2, 0.25) is 5.91 Å². The topological polar surface area (TPSA) is 50.2 Å². The molecule has 1 amide bonds. The van der Waals surface area contributed by atoms with E-state index in [9.17, 15) is 4.79 Å². The Labute approximate surface area is 102 Å². The van der Waals surface area contributed by atoms with Crippen LogP contribution < -0.4 is 5.32 Å². The van der Waals surface area contributed by atoms with Crippen molar-refractivity contribution in [1.82, 2.24) is 20.0 Å². The number of amides is 1. The Morgan fingerprint density at radius 3 is 3.12 bits per heavy atom. The molecule has 17 heavy (non-hydrogen) atoms. The largest absolute Gasteiger partial charge is 0.339 e. The van der Waals surface area contributed by atoms with Crippen molar-refractivity contribution in [3.63, 3.8) is 0 Å². The molecule has 1 N–H and O–H groups in total. The van der Waals surface area contributed by atoms with Gasteiger partial charge in [0.15, 0.2) is 0 Å². The molecule has 5 nitrogen and oxygen atoms in total. The molecule has 2 rings (SSSR count). The Morgan fingerprint density at radius 1 is 1.53 bits per heavy atom. The first kappa shape index (κ1) is 12.1. The zero-order chi connectivity index (χ0) is 12.1. The number of hydrogen-bond acceptors (Lipinski definition) is 3. The fourth-order valence-electron chi connectivity index (χ4n) is 2.12. The summed E-state index contributed by atoms with van der Waals surface area (Å²) in [6.45, 7) is 5.43. The van der Waals surface area contributed by atoms with Gasteiger partial charge < -0.3 is 10.2 Å². The highest BCUT2D eigenvalue weighted by atomic mass is 16.2. The quantitative estimate of drug-likeness (QED) is 0.782. The molecule has 5 heteroatoms. The summed E-state index contributed by atoms with van der Waals surface area (Å²) >= 11 is 0. The van der Waals surface area contributed by atoms with Gasteiger partial charge in [-0.3, -0.25) is 9.48 Å². The lowest BCUT2D eigenvalue weighted by Crippen LogP contribution is -2.39. The van der Waals surface area contributed by atoms with Crippen LogP contribution in [0.4, 0.5) is 0 Å². The van der Waals surface area contributed by atoms with E-state index in [0.717, 1.165) is 39.0 Å². The summed E-state index contributed by atoms with van der Waals surface area (Å²) in [6, 6.07) is 1.93. The van der Waals surface area contributed by atoms with Crippen LogP contribution in [0.25, 0.3) is 0 Å². The van der Waals surface area contributed by atoms with Crippen molar-refractivity contribution in [2.45, 2.75) is 32.4 Å². The Kier molecular flexibility index (Phi) is 4.14. The minimum Gasteiger partial charge on any atom is -0.339 e. The Morgan fingerprint density at radius 2 is 2.41 bits per heavy atom. The Bertz CT molecular complexity index is 349. The first-order chi connectivity index (χ1) is 8.31. The molecular weight excluding hydrogens is 216 g/mol. The monoisotopic (exact) mass is 236 g/mol. The van der Waals surface area contributed by atoms with Gasteiger partial charge in [-0.1, -0.05) is 6.92 Å². The van der Waals surface area contributed by atoms with E-state index in [1.807, 2.05) is 21.8 Å². The number of carbonyl (C=O) groups excluding carboxylic acids is 1. The van der Waals surface area contributed by atoms with Gasteiger partial charge in [0.05, 0.1) is 12.6 Å². The van der Waals surface area contributed by atoms with Crippen molar-refractivity contribution in [2.24, 2.45) is 0 Å². The van der Waals surface area contributed by atoms with Crippen molar-refractivity contribution in [3.05, 3.63) is 18.5 Å². The highest BCUT2D eigenvalue weighted by molar-refractivity contribution is 5.83. The number of aromatic nitrogens is 2. The molecule has 0 saturated carbocycles. The van der Waals surface area contributed by atoms with Gasteiger partial charge in [-0.05, 0) is 25.5 Å². The van der Waals surface area contributed by atoms with Crippen LogP contribution in [0.1, 0.15) is 19.8 Å². The lowest BCUT2D eigenvalue weighted by atomic mass is 10.2. The lowest BCUT2D eigenvalue weighted by molar-refractivity contribution is -0.129. The van der Waals surface area contributed by atoms with Crippen molar-refractivity contribution in [1.29, 1.82) is 0 Å². The van der Waals surface area contributed by atoms with Gasteiger partial charge in [0, 0.05) is 25.5 Å². The average molecular weight is 236 g/mol. The minimum atomic E-state index is 0.0348. The number of carbonyl (C=O) groups is 1. The van der Waals surface area contributed by atoms with Crippen molar-refractivity contribution in [3.8, 4) is 0 Å². The second kappa shape index (κ2) is 5.82. The zero-order valence-electron chi connectivity index (χ0n) is 10.3. The van der Waals surface area contributed by atoms with Crippen LogP contribution in [0, 0.1) is 0 Å². The molecule has 1 fully saturated rings. The van der Waals surface area contributed by atoms with Crippen LogP contribution in [-0.4, -0.2) is 46.3 Å². The number of rotatable bonds is 6. The van der Waals surface area contributed by atoms with Gasteiger partial charge in [0.1, 0.15) is 0 Å². The van der Waals surface area contributed by atoms with Crippen LogP contribution in [0.15, 0.2) is 18.5 Å². The third kappa shape index (κ3) is 3.06. The second-order valence-corrected chi connectivity index (χ2v) is 4.39. The Hall–Kier alpha value is -1.36. The Balaban J connectivity index is 1.77. The molecular formula is C12H20N4O. The second-order valence-electron chi connectivity index (χ2n) is 4.39. The van der Waals surface area contributed by atoms with E-state index in [0.29, 0.717) is 0 Å². The number of nitrogens with one attached hydrogen (secondary N) is 1. The smallest absolute Gasteiger partial charge is 0.239 e. The third-order valence-electron chi connectivity index (χ3n) is 3.10. The van der Waals surface area contributed by atoms with E-state index in [1.54, 1.807) is 6.20 Å². The molecule has 1 aliphatic heterocycles. The first-order valence-corrected chi connectivity index (χ1v) is 6.31.